The van der Waals surface area contributed by atoms with Crippen molar-refractivity contribution in [3.63, 3.8) is 0 Å². The standard InChI is InChI=1S/C13H20N2O3S/c1-3-6-10(2)12(14-9-16)13(17)15-19(18)11-7-4-5-8-11/h6,9-12H,1,4-5,7-8H2,2H3,(H,14,16)(H,15,17)/t10-,12?,19?/m0/s1. The molecule has 0 spiro atoms. The summed E-state index contributed by atoms with van der Waals surface area (Å²) in [5.41, 5.74) is 2.58. The minimum absolute atomic E-state index is 0.0334. The molecule has 5 nitrogen and oxygen atoms in total. The Morgan fingerprint density at radius 3 is 2.63 bits per heavy atom. The smallest absolute Gasteiger partial charge is 0.254 e. The van der Waals surface area contributed by atoms with Crippen molar-refractivity contribution in [2.45, 2.75) is 43.9 Å². The van der Waals surface area contributed by atoms with E-state index in [0.717, 1.165) is 25.7 Å². The molecular weight excluding hydrogens is 264 g/mol. The Hall–Kier alpha value is -1.39. The number of nitrogens with one attached hydrogen (secondary N) is 2. The molecule has 1 rings (SSSR count). The first-order valence-corrected chi connectivity index (χ1v) is 7.58. The molecule has 0 aromatic heterocycles. The van der Waals surface area contributed by atoms with Crippen molar-refractivity contribution in [3.05, 3.63) is 18.4 Å². The summed E-state index contributed by atoms with van der Waals surface area (Å²) in [7, 11) is -1.38. The van der Waals surface area contributed by atoms with Crippen molar-refractivity contribution in [1.29, 1.82) is 0 Å². The summed E-state index contributed by atoms with van der Waals surface area (Å²) < 4.78 is 14.5. The SMILES string of the molecule is C=C=C[C@H](C)C(NC=O)C(=O)NS(=O)C1CCCC1. The molecule has 0 saturated heterocycles. The third-order valence-corrected chi connectivity index (χ3v) is 4.72. The summed E-state index contributed by atoms with van der Waals surface area (Å²) in [5, 5.41) is 2.47. The van der Waals surface area contributed by atoms with Crippen LogP contribution < -0.4 is 10.0 Å². The number of amides is 2. The molecule has 0 bridgehead atoms. The number of hydrogen-bond donors (Lipinski definition) is 2. The van der Waals surface area contributed by atoms with Crippen molar-refractivity contribution < 1.29 is 13.8 Å². The summed E-state index contributed by atoms with van der Waals surface area (Å²) in [6.45, 7) is 5.20. The Kier molecular flexibility index (Phi) is 6.53. The van der Waals surface area contributed by atoms with E-state index in [2.05, 4.69) is 22.3 Å². The highest BCUT2D eigenvalue weighted by molar-refractivity contribution is 7.84. The Balaban J connectivity index is 2.62. The number of carbonyl (C=O) groups excluding carboxylic acids is 2. The van der Waals surface area contributed by atoms with Gasteiger partial charge >= 0.3 is 0 Å². The van der Waals surface area contributed by atoms with E-state index >= 15 is 0 Å². The van der Waals surface area contributed by atoms with Gasteiger partial charge in [-0.05, 0) is 18.9 Å². The lowest BCUT2D eigenvalue weighted by Gasteiger charge is -2.20. The van der Waals surface area contributed by atoms with Gasteiger partial charge in [-0.3, -0.25) is 14.3 Å². The second-order valence-electron chi connectivity index (χ2n) is 4.66. The predicted octanol–water partition coefficient (Wildman–Crippen LogP) is 0.801. The molecule has 0 aromatic rings. The van der Waals surface area contributed by atoms with Crippen molar-refractivity contribution in [1.82, 2.24) is 10.0 Å². The summed E-state index contributed by atoms with van der Waals surface area (Å²) in [4.78, 5) is 22.6. The Morgan fingerprint density at radius 2 is 2.11 bits per heavy atom. The maximum atomic E-state index is 12.0. The van der Waals surface area contributed by atoms with Crippen LogP contribution in [0, 0.1) is 5.92 Å². The van der Waals surface area contributed by atoms with Crippen LogP contribution in [0.25, 0.3) is 0 Å². The predicted molar refractivity (Wildman–Crippen MR) is 74.4 cm³/mol. The van der Waals surface area contributed by atoms with E-state index in [1.54, 1.807) is 13.0 Å². The van der Waals surface area contributed by atoms with Gasteiger partial charge in [0.05, 0.1) is 5.25 Å². The van der Waals surface area contributed by atoms with Crippen LogP contribution in [-0.4, -0.2) is 27.8 Å². The van der Waals surface area contributed by atoms with E-state index in [0.29, 0.717) is 6.41 Å². The largest absolute Gasteiger partial charge is 0.346 e. The average molecular weight is 284 g/mol. The molecule has 2 unspecified atom stereocenters. The van der Waals surface area contributed by atoms with Crippen molar-refractivity contribution in [3.8, 4) is 0 Å². The summed E-state index contributed by atoms with van der Waals surface area (Å²) in [6, 6.07) is -0.753. The molecule has 2 N–H and O–H groups in total. The van der Waals surface area contributed by atoms with E-state index in [1.807, 2.05) is 0 Å². The van der Waals surface area contributed by atoms with Crippen LogP contribution in [0.5, 0.6) is 0 Å². The van der Waals surface area contributed by atoms with Crippen molar-refractivity contribution in [2.24, 2.45) is 5.92 Å². The maximum Gasteiger partial charge on any atom is 0.254 e. The Labute approximate surface area is 116 Å². The van der Waals surface area contributed by atoms with Gasteiger partial charge in [-0.25, -0.2) is 4.21 Å². The Bertz CT molecular complexity index is 399. The maximum absolute atomic E-state index is 12.0. The third kappa shape index (κ3) is 4.65. The molecule has 106 valence electrons. The first kappa shape index (κ1) is 15.7. The van der Waals surface area contributed by atoms with Gasteiger partial charge in [-0.2, -0.15) is 0 Å². The molecule has 0 heterocycles. The first-order valence-electron chi connectivity index (χ1n) is 6.37. The van der Waals surface area contributed by atoms with Gasteiger partial charge < -0.3 is 5.32 Å². The molecule has 1 aliphatic rings. The van der Waals surface area contributed by atoms with Gasteiger partial charge in [-0.1, -0.05) is 26.3 Å². The topological polar surface area (TPSA) is 75.3 Å². The monoisotopic (exact) mass is 284 g/mol. The fourth-order valence-corrected chi connectivity index (χ4v) is 3.42. The molecule has 0 aromatic carbocycles. The van der Waals surface area contributed by atoms with Crippen molar-refractivity contribution >= 4 is 23.3 Å². The highest BCUT2D eigenvalue weighted by Gasteiger charge is 2.28. The lowest BCUT2D eigenvalue weighted by molar-refractivity contribution is -0.124. The fourth-order valence-electron chi connectivity index (χ4n) is 2.17. The van der Waals surface area contributed by atoms with E-state index in [9.17, 15) is 13.8 Å². The van der Waals surface area contributed by atoms with Crippen LogP contribution in [0.15, 0.2) is 18.4 Å². The highest BCUT2D eigenvalue weighted by atomic mass is 32.2. The molecule has 1 aliphatic carbocycles. The van der Waals surface area contributed by atoms with Crippen LogP contribution in [0.2, 0.25) is 0 Å². The van der Waals surface area contributed by atoms with E-state index < -0.39 is 22.9 Å². The van der Waals surface area contributed by atoms with Crippen LogP contribution in [-0.2, 0) is 20.6 Å². The molecule has 0 radical (unpaired) electrons. The number of carbonyl (C=O) groups is 2. The van der Waals surface area contributed by atoms with E-state index in [4.69, 9.17) is 0 Å². The Morgan fingerprint density at radius 1 is 1.47 bits per heavy atom. The van der Waals surface area contributed by atoms with Crippen LogP contribution in [0.4, 0.5) is 0 Å². The minimum Gasteiger partial charge on any atom is -0.346 e. The third-order valence-electron chi connectivity index (χ3n) is 3.24. The molecule has 2 amide bonds. The molecule has 19 heavy (non-hydrogen) atoms. The van der Waals surface area contributed by atoms with Gasteiger partial charge in [0.25, 0.3) is 5.91 Å². The number of hydrogen-bond acceptors (Lipinski definition) is 3. The zero-order valence-electron chi connectivity index (χ0n) is 11.1. The van der Waals surface area contributed by atoms with Gasteiger partial charge in [0.2, 0.25) is 6.41 Å². The average Bonchev–Trinajstić information content (AvgIpc) is 2.89. The van der Waals surface area contributed by atoms with Gasteiger partial charge in [0.15, 0.2) is 0 Å². The number of rotatable bonds is 7. The molecule has 0 aliphatic heterocycles. The summed E-state index contributed by atoms with van der Waals surface area (Å²) in [6.07, 6.45) is 5.92. The molecule has 6 heteroatoms. The van der Waals surface area contributed by atoms with Crippen LogP contribution in [0.3, 0.4) is 0 Å². The molecule has 1 fully saturated rings. The van der Waals surface area contributed by atoms with Crippen molar-refractivity contribution in [2.75, 3.05) is 0 Å². The molecule has 1 saturated carbocycles. The molecular formula is C13H20N2O3S. The summed E-state index contributed by atoms with van der Waals surface area (Å²) in [5.74, 6) is -0.695. The quantitative estimate of drug-likeness (QED) is 0.536. The second-order valence-corrected chi connectivity index (χ2v) is 6.13. The van der Waals surface area contributed by atoms with Crippen LogP contribution >= 0.6 is 0 Å². The zero-order valence-corrected chi connectivity index (χ0v) is 11.9. The first-order chi connectivity index (χ1) is 9.10. The highest BCUT2D eigenvalue weighted by Crippen LogP contribution is 2.22. The molecule has 3 atom stereocenters. The van der Waals surface area contributed by atoms with Crippen LogP contribution in [0.1, 0.15) is 32.6 Å². The lowest BCUT2D eigenvalue weighted by Crippen LogP contribution is -2.48. The normalized spacial score (nSPS) is 19.8. The zero-order chi connectivity index (χ0) is 14.3. The minimum atomic E-state index is -1.38. The lowest BCUT2D eigenvalue weighted by atomic mass is 10.0. The van der Waals surface area contributed by atoms with Gasteiger partial charge in [-0.15, -0.1) is 5.73 Å². The van der Waals surface area contributed by atoms with E-state index in [1.165, 1.54) is 0 Å². The van der Waals surface area contributed by atoms with Gasteiger partial charge in [0, 0.05) is 5.92 Å². The fraction of sp³-hybridized carbons (Fsp3) is 0.615. The summed E-state index contributed by atoms with van der Waals surface area (Å²) >= 11 is 0. The second kappa shape index (κ2) is 7.92. The van der Waals surface area contributed by atoms with E-state index in [-0.39, 0.29) is 11.2 Å². The van der Waals surface area contributed by atoms with Gasteiger partial charge in [0.1, 0.15) is 17.0 Å².